The second kappa shape index (κ2) is 6.91. The summed E-state index contributed by atoms with van der Waals surface area (Å²) in [5.41, 5.74) is 1.12. The number of para-hydroxylation sites is 1. The van der Waals surface area contributed by atoms with Crippen molar-refractivity contribution in [3.63, 3.8) is 0 Å². The number of imide groups is 1. The fourth-order valence-corrected chi connectivity index (χ4v) is 3.36. The summed E-state index contributed by atoms with van der Waals surface area (Å²) in [6.45, 7) is 1.78. The van der Waals surface area contributed by atoms with Crippen molar-refractivity contribution in [1.29, 1.82) is 0 Å². The van der Waals surface area contributed by atoms with Crippen molar-refractivity contribution in [3.05, 3.63) is 23.8 Å². The highest BCUT2D eigenvalue weighted by Gasteiger charge is 2.27. The molecule has 6 nitrogen and oxygen atoms in total. The Morgan fingerprint density at radius 1 is 1.23 bits per heavy atom. The van der Waals surface area contributed by atoms with Crippen molar-refractivity contribution in [1.82, 2.24) is 10.2 Å². The van der Waals surface area contributed by atoms with Crippen LogP contribution in [-0.4, -0.2) is 48.9 Å². The molecule has 118 valence electrons. The van der Waals surface area contributed by atoms with Crippen molar-refractivity contribution in [2.75, 3.05) is 32.1 Å². The van der Waals surface area contributed by atoms with Gasteiger partial charge in [-0.05, 0) is 18.2 Å². The van der Waals surface area contributed by atoms with Gasteiger partial charge in [-0.1, -0.05) is 12.1 Å². The molecule has 0 aliphatic carbocycles. The largest absolute Gasteiger partial charge is 0.486 e. The standard InChI is InChI=1S/C15H18N2O4S/c18-13-9-16-15(19)17(13)5-2-8-22-10-11-3-1-4-12-14(11)21-7-6-20-12/h1,3-4H,2,5-10H2,(H,16,19). The maximum Gasteiger partial charge on any atom is 0.324 e. The average Bonchev–Trinajstić information content (AvgIpc) is 2.86. The summed E-state index contributed by atoms with van der Waals surface area (Å²) in [6.07, 6.45) is 0.788. The number of benzene rings is 1. The van der Waals surface area contributed by atoms with Crippen LogP contribution in [0.4, 0.5) is 4.79 Å². The number of ether oxygens (including phenoxy) is 2. The number of nitrogens with one attached hydrogen (secondary N) is 1. The molecule has 3 rings (SSSR count). The zero-order valence-corrected chi connectivity index (χ0v) is 13.0. The van der Waals surface area contributed by atoms with Gasteiger partial charge < -0.3 is 14.8 Å². The van der Waals surface area contributed by atoms with Gasteiger partial charge in [0.2, 0.25) is 5.91 Å². The Labute approximate surface area is 133 Å². The van der Waals surface area contributed by atoms with E-state index in [2.05, 4.69) is 5.32 Å². The minimum Gasteiger partial charge on any atom is -0.486 e. The summed E-state index contributed by atoms with van der Waals surface area (Å²) < 4.78 is 11.2. The van der Waals surface area contributed by atoms with Crippen LogP contribution in [-0.2, 0) is 10.5 Å². The highest BCUT2D eigenvalue weighted by Crippen LogP contribution is 2.35. The summed E-state index contributed by atoms with van der Waals surface area (Å²) in [5.74, 6) is 3.21. The topological polar surface area (TPSA) is 67.9 Å². The second-order valence-corrected chi connectivity index (χ2v) is 6.16. The van der Waals surface area contributed by atoms with E-state index in [0.717, 1.165) is 35.0 Å². The van der Waals surface area contributed by atoms with Crippen LogP contribution < -0.4 is 14.8 Å². The summed E-state index contributed by atoms with van der Waals surface area (Å²) in [7, 11) is 0. The Morgan fingerprint density at radius 3 is 2.91 bits per heavy atom. The van der Waals surface area contributed by atoms with Gasteiger partial charge in [0, 0.05) is 17.9 Å². The van der Waals surface area contributed by atoms with Crippen LogP contribution in [0.25, 0.3) is 0 Å². The number of fused-ring (bicyclic) bond motifs is 1. The summed E-state index contributed by atoms with van der Waals surface area (Å²) in [5, 5.41) is 2.52. The van der Waals surface area contributed by atoms with Crippen LogP contribution in [0.2, 0.25) is 0 Å². The van der Waals surface area contributed by atoms with E-state index in [1.54, 1.807) is 11.8 Å². The van der Waals surface area contributed by atoms with Crippen LogP contribution in [0.15, 0.2) is 18.2 Å². The van der Waals surface area contributed by atoms with Crippen LogP contribution in [0.3, 0.4) is 0 Å². The monoisotopic (exact) mass is 322 g/mol. The van der Waals surface area contributed by atoms with Gasteiger partial charge in [0.25, 0.3) is 0 Å². The summed E-state index contributed by atoms with van der Waals surface area (Å²) in [4.78, 5) is 24.1. The molecule has 2 aliphatic heterocycles. The predicted octanol–water partition coefficient (Wildman–Crippen LogP) is 1.63. The lowest BCUT2D eigenvalue weighted by atomic mass is 10.2. The molecule has 1 aromatic rings. The van der Waals surface area contributed by atoms with Crippen molar-refractivity contribution < 1.29 is 19.1 Å². The number of thioether (sulfide) groups is 1. The molecular weight excluding hydrogens is 304 g/mol. The Kier molecular flexibility index (Phi) is 4.72. The Balaban J connectivity index is 1.44. The number of hydrogen-bond donors (Lipinski definition) is 1. The fourth-order valence-electron chi connectivity index (χ4n) is 2.44. The van der Waals surface area contributed by atoms with Crippen molar-refractivity contribution in [2.24, 2.45) is 0 Å². The van der Waals surface area contributed by atoms with E-state index in [1.165, 1.54) is 4.90 Å². The molecule has 0 bridgehead atoms. The maximum absolute atomic E-state index is 11.4. The zero-order chi connectivity index (χ0) is 15.4. The second-order valence-electron chi connectivity index (χ2n) is 5.05. The lowest BCUT2D eigenvalue weighted by Gasteiger charge is -2.20. The molecular formula is C15H18N2O4S. The number of urea groups is 1. The van der Waals surface area contributed by atoms with Crippen molar-refractivity contribution >= 4 is 23.7 Å². The number of carbonyl (C=O) groups excluding carboxylic acids is 2. The van der Waals surface area contributed by atoms with E-state index < -0.39 is 0 Å². The molecule has 1 fully saturated rings. The smallest absolute Gasteiger partial charge is 0.324 e. The molecule has 1 N–H and O–H groups in total. The summed E-state index contributed by atoms with van der Waals surface area (Å²) >= 11 is 1.76. The first kappa shape index (κ1) is 15.0. The lowest BCUT2D eigenvalue weighted by molar-refractivity contribution is -0.124. The van der Waals surface area contributed by atoms with Crippen LogP contribution in [0.1, 0.15) is 12.0 Å². The number of hydrogen-bond acceptors (Lipinski definition) is 5. The molecule has 0 spiro atoms. The minimum absolute atomic E-state index is 0.124. The fraction of sp³-hybridized carbons (Fsp3) is 0.467. The first-order valence-corrected chi connectivity index (χ1v) is 8.44. The van der Waals surface area contributed by atoms with Crippen LogP contribution >= 0.6 is 11.8 Å². The number of nitrogens with zero attached hydrogens (tertiary/aromatic N) is 1. The van der Waals surface area contributed by atoms with Gasteiger partial charge in [-0.2, -0.15) is 11.8 Å². The van der Waals surface area contributed by atoms with Gasteiger partial charge >= 0.3 is 6.03 Å². The molecule has 1 aromatic carbocycles. The minimum atomic E-state index is -0.280. The lowest BCUT2D eigenvalue weighted by Crippen LogP contribution is -2.32. The van der Waals surface area contributed by atoms with Gasteiger partial charge in [0.05, 0.1) is 6.54 Å². The Morgan fingerprint density at radius 2 is 2.09 bits per heavy atom. The SMILES string of the molecule is O=C1CNC(=O)N1CCCSCc1cccc2c1OCCO2. The van der Waals surface area contributed by atoms with E-state index in [-0.39, 0.29) is 18.5 Å². The molecule has 3 amide bonds. The number of amides is 3. The van der Waals surface area contributed by atoms with Gasteiger partial charge in [0.1, 0.15) is 13.2 Å². The molecule has 0 unspecified atom stereocenters. The van der Waals surface area contributed by atoms with E-state index in [1.807, 2.05) is 18.2 Å². The molecule has 0 aromatic heterocycles. The highest BCUT2D eigenvalue weighted by atomic mass is 32.2. The molecule has 0 saturated carbocycles. The molecule has 7 heteroatoms. The zero-order valence-electron chi connectivity index (χ0n) is 12.2. The van der Waals surface area contributed by atoms with E-state index >= 15 is 0 Å². The van der Waals surface area contributed by atoms with Gasteiger partial charge in [-0.15, -0.1) is 0 Å². The maximum atomic E-state index is 11.4. The molecule has 2 heterocycles. The van der Waals surface area contributed by atoms with E-state index in [0.29, 0.717) is 19.8 Å². The predicted molar refractivity (Wildman–Crippen MR) is 83.3 cm³/mol. The van der Waals surface area contributed by atoms with Crippen molar-refractivity contribution in [3.8, 4) is 11.5 Å². The molecule has 0 radical (unpaired) electrons. The molecule has 1 saturated heterocycles. The quantitative estimate of drug-likeness (QED) is 0.637. The first-order valence-electron chi connectivity index (χ1n) is 7.29. The van der Waals surface area contributed by atoms with E-state index in [9.17, 15) is 9.59 Å². The number of carbonyl (C=O) groups is 2. The third-order valence-corrected chi connectivity index (χ3v) is 4.61. The molecule has 22 heavy (non-hydrogen) atoms. The van der Waals surface area contributed by atoms with Gasteiger partial charge in [-0.3, -0.25) is 9.69 Å². The normalized spacial score (nSPS) is 16.8. The van der Waals surface area contributed by atoms with E-state index in [4.69, 9.17) is 9.47 Å². The van der Waals surface area contributed by atoms with Gasteiger partial charge in [0.15, 0.2) is 11.5 Å². The van der Waals surface area contributed by atoms with Crippen LogP contribution in [0, 0.1) is 0 Å². The Hall–Kier alpha value is -1.89. The summed E-state index contributed by atoms with van der Waals surface area (Å²) in [6, 6.07) is 5.65. The van der Waals surface area contributed by atoms with Crippen LogP contribution in [0.5, 0.6) is 11.5 Å². The highest BCUT2D eigenvalue weighted by molar-refractivity contribution is 7.98. The number of rotatable bonds is 6. The average molecular weight is 322 g/mol. The first-order chi connectivity index (χ1) is 10.8. The third-order valence-electron chi connectivity index (χ3n) is 3.51. The molecule has 2 aliphatic rings. The van der Waals surface area contributed by atoms with Crippen molar-refractivity contribution in [2.45, 2.75) is 12.2 Å². The third kappa shape index (κ3) is 3.30. The molecule has 0 atom stereocenters. The van der Waals surface area contributed by atoms with Gasteiger partial charge in [-0.25, -0.2) is 4.79 Å². The Bertz CT molecular complexity index is 563.